The zero-order chi connectivity index (χ0) is 30.6. The molecule has 0 aromatic rings. The zero-order valence-electron chi connectivity index (χ0n) is 27.0. The van der Waals surface area contributed by atoms with Crippen LogP contribution in [-0.2, 0) is 14.3 Å². The number of carbonyl (C=O) groups is 2. The van der Waals surface area contributed by atoms with Crippen molar-refractivity contribution in [2.24, 2.45) is 45.9 Å². The van der Waals surface area contributed by atoms with Gasteiger partial charge in [-0.25, -0.2) is 9.79 Å². The van der Waals surface area contributed by atoms with E-state index in [9.17, 15) is 14.9 Å². The highest BCUT2D eigenvalue weighted by Gasteiger charge is 2.53. The molecule has 1 heterocycles. The number of alkyl carbamates (subject to hydrolysis) is 1. The molecule has 0 spiro atoms. The van der Waals surface area contributed by atoms with Crippen molar-refractivity contribution < 1.29 is 19.1 Å². The lowest BCUT2D eigenvalue weighted by atomic mass is 9.46. The van der Waals surface area contributed by atoms with Gasteiger partial charge in [-0.1, -0.05) is 53.4 Å². The molecule has 5 aliphatic carbocycles. The molecule has 5 saturated carbocycles. The molecule has 0 radical (unpaired) electrons. The predicted octanol–water partition coefficient (Wildman–Crippen LogP) is 5.65. The van der Waals surface area contributed by atoms with Gasteiger partial charge >= 0.3 is 6.09 Å². The van der Waals surface area contributed by atoms with E-state index in [2.05, 4.69) is 30.6 Å². The molecule has 2 N–H and O–H groups in total. The Bertz CT molecular complexity index is 1040. The zero-order valence-corrected chi connectivity index (χ0v) is 27.0. The van der Waals surface area contributed by atoms with Gasteiger partial charge in [-0.15, -0.1) is 0 Å². The number of hydrogen-bond acceptors (Lipinski definition) is 6. The molecule has 5 atom stereocenters. The number of carbonyl (C=O) groups excluding carboxylic acids is 2. The minimum Gasteiger partial charge on any atom is -0.449 e. The third-order valence-electron chi connectivity index (χ3n) is 11.5. The molecule has 240 valence electrons. The fourth-order valence-corrected chi connectivity index (χ4v) is 8.66. The summed E-state index contributed by atoms with van der Waals surface area (Å²) in [4.78, 5) is 34.0. The molecule has 1 saturated heterocycles. The summed E-state index contributed by atoms with van der Waals surface area (Å²) in [7, 11) is 0. The van der Waals surface area contributed by atoms with Crippen molar-refractivity contribution in [2.45, 2.75) is 116 Å². The molecule has 1 aliphatic heterocycles. The van der Waals surface area contributed by atoms with Crippen LogP contribution in [0.3, 0.4) is 0 Å². The van der Waals surface area contributed by atoms with E-state index in [1.807, 2.05) is 18.7 Å². The maximum Gasteiger partial charge on any atom is 0.413 e. The molecule has 5 unspecified atom stereocenters. The van der Waals surface area contributed by atoms with Crippen molar-refractivity contribution in [1.82, 2.24) is 15.5 Å². The van der Waals surface area contributed by atoms with Crippen molar-refractivity contribution in [1.29, 1.82) is 5.26 Å². The maximum atomic E-state index is 14.2. The van der Waals surface area contributed by atoms with Crippen molar-refractivity contribution in [3.05, 3.63) is 0 Å². The van der Waals surface area contributed by atoms with Crippen LogP contribution < -0.4 is 10.6 Å². The monoisotopic (exact) mass is 597 g/mol. The molecule has 0 aromatic carbocycles. The Kier molecular flexibility index (Phi) is 10.3. The number of ether oxygens (including phenoxy) is 2. The summed E-state index contributed by atoms with van der Waals surface area (Å²) in [6.07, 6.45) is 12.4. The molecule has 2 bridgehead atoms. The van der Waals surface area contributed by atoms with Gasteiger partial charge in [0.2, 0.25) is 11.9 Å². The lowest BCUT2D eigenvalue weighted by Gasteiger charge is -2.59. The van der Waals surface area contributed by atoms with Crippen LogP contribution in [0.1, 0.15) is 105 Å². The third kappa shape index (κ3) is 7.85. The van der Waals surface area contributed by atoms with Crippen LogP contribution in [0.5, 0.6) is 0 Å². The summed E-state index contributed by atoms with van der Waals surface area (Å²) in [5, 5.41) is 16.5. The number of nitrogens with one attached hydrogen (secondary N) is 2. The first-order chi connectivity index (χ1) is 20.6. The number of nitriles is 1. The van der Waals surface area contributed by atoms with Crippen molar-refractivity contribution >= 4 is 18.0 Å². The largest absolute Gasteiger partial charge is 0.449 e. The first kappa shape index (κ1) is 32.1. The van der Waals surface area contributed by atoms with Gasteiger partial charge in [0.1, 0.15) is 11.6 Å². The molecular formula is C34H55N5O4. The number of aliphatic imine (C=N–C) groups is 1. The van der Waals surface area contributed by atoms with Gasteiger partial charge in [-0.05, 0) is 92.3 Å². The lowest BCUT2D eigenvalue weighted by molar-refractivity contribution is -0.125. The second-order valence-electron chi connectivity index (χ2n) is 15.4. The normalized spacial score (nSPS) is 33.0. The summed E-state index contributed by atoms with van der Waals surface area (Å²) in [6, 6.07) is 1.84. The highest BCUT2D eigenvalue weighted by molar-refractivity contribution is 5.96. The van der Waals surface area contributed by atoms with E-state index in [1.165, 1.54) is 38.5 Å². The second-order valence-corrected chi connectivity index (χ2v) is 15.4. The summed E-state index contributed by atoms with van der Waals surface area (Å²) in [5.41, 5.74) is -0.463. The fraction of sp³-hybridized carbons (Fsp3) is 0.882. The summed E-state index contributed by atoms with van der Waals surface area (Å²) >= 11 is 0. The lowest BCUT2D eigenvalue weighted by Crippen LogP contribution is -2.54. The number of hydrogen-bond donors (Lipinski definition) is 2. The number of morpholine rings is 1. The Morgan fingerprint density at radius 3 is 2.37 bits per heavy atom. The quantitative estimate of drug-likeness (QED) is 0.262. The Hall–Kier alpha value is -2.34. The van der Waals surface area contributed by atoms with Gasteiger partial charge in [0.15, 0.2) is 0 Å². The standard InChI is InChI=1S/C34H55N5O4/c1-23(2)21-43-32(41)37-31(39-11-13-42-14-12-39)36-29(18-26-16-27-19-28(17-26)33(27,3)4)30(40)38-34(22-35)10-9-25(20-34)15-24-7-5-6-8-24/h23-29H,5-21H2,1-4H3,(H,38,40)(H,36,37,41). The van der Waals surface area contributed by atoms with E-state index < -0.39 is 17.7 Å². The van der Waals surface area contributed by atoms with Gasteiger partial charge in [-0.2, -0.15) is 5.26 Å². The van der Waals surface area contributed by atoms with Crippen LogP contribution >= 0.6 is 0 Å². The Morgan fingerprint density at radius 1 is 1.05 bits per heavy atom. The molecular weight excluding hydrogens is 542 g/mol. The van der Waals surface area contributed by atoms with Crippen LogP contribution in [0.4, 0.5) is 4.79 Å². The summed E-state index contributed by atoms with van der Waals surface area (Å²) in [5.74, 6) is 3.41. The van der Waals surface area contributed by atoms with Gasteiger partial charge in [0.05, 0.1) is 25.9 Å². The minimum atomic E-state index is -0.840. The molecule has 0 aromatic heterocycles. The second kappa shape index (κ2) is 13.7. The number of nitrogens with zero attached hydrogens (tertiary/aromatic N) is 3. The van der Waals surface area contributed by atoms with Gasteiger partial charge < -0.3 is 19.7 Å². The molecule has 9 heteroatoms. The molecule has 6 rings (SSSR count). The average molecular weight is 598 g/mol. The first-order valence-corrected chi connectivity index (χ1v) is 17.1. The third-order valence-corrected chi connectivity index (χ3v) is 11.5. The van der Waals surface area contributed by atoms with E-state index in [4.69, 9.17) is 14.5 Å². The van der Waals surface area contributed by atoms with E-state index in [-0.39, 0.29) is 11.8 Å². The topological polar surface area (TPSA) is 116 Å². The molecule has 6 fully saturated rings. The van der Waals surface area contributed by atoms with Crippen LogP contribution in [0.2, 0.25) is 0 Å². The van der Waals surface area contributed by atoms with E-state index in [1.54, 1.807) is 0 Å². The average Bonchev–Trinajstić information content (AvgIpc) is 3.66. The number of amides is 2. The summed E-state index contributed by atoms with van der Waals surface area (Å²) in [6.45, 7) is 11.3. The van der Waals surface area contributed by atoms with E-state index >= 15 is 0 Å². The maximum absolute atomic E-state index is 14.2. The fourth-order valence-electron chi connectivity index (χ4n) is 8.66. The van der Waals surface area contributed by atoms with Crippen LogP contribution in [-0.4, -0.2) is 67.4 Å². The predicted molar refractivity (Wildman–Crippen MR) is 166 cm³/mol. The number of rotatable bonds is 9. The Labute approximate surface area is 258 Å². The molecule has 2 amide bonds. The molecule has 6 aliphatic rings. The SMILES string of the molecule is CC(C)COC(=O)NC(=NC(CC1CC2CC(C1)C2(C)C)C(=O)NC1(C#N)CCC(CC2CCCC2)C1)N1CCOCC1. The Morgan fingerprint density at radius 2 is 1.74 bits per heavy atom. The smallest absolute Gasteiger partial charge is 0.413 e. The van der Waals surface area contributed by atoms with Gasteiger partial charge in [0.25, 0.3) is 0 Å². The van der Waals surface area contributed by atoms with E-state index in [0.717, 1.165) is 31.6 Å². The highest BCUT2D eigenvalue weighted by atomic mass is 16.5. The van der Waals surface area contributed by atoms with Crippen LogP contribution in [0.25, 0.3) is 0 Å². The first-order valence-electron chi connectivity index (χ1n) is 17.1. The van der Waals surface area contributed by atoms with Crippen molar-refractivity contribution in [3.63, 3.8) is 0 Å². The van der Waals surface area contributed by atoms with Crippen molar-refractivity contribution in [2.75, 3.05) is 32.9 Å². The minimum absolute atomic E-state index is 0.190. The molecule has 43 heavy (non-hydrogen) atoms. The highest BCUT2D eigenvalue weighted by Crippen LogP contribution is 2.61. The van der Waals surface area contributed by atoms with E-state index in [0.29, 0.717) is 80.8 Å². The number of fused-ring (bicyclic) bond motifs is 2. The van der Waals surface area contributed by atoms with Gasteiger partial charge in [-0.3, -0.25) is 10.1 Å². The Balaban J connectivity index is 1.34. The van der Waals surface area contributed by atoms with Gasteiger partial charge in [0, 0.05) is 13.1 Å². The summed E-state index contributed by atoms with van der Waals surface area (Å²) < 4.78 is 11.0. The van der Waals surface area contributed by atoms with Crippen LogP contribution in [0.15, 0.2) is 4.99 Å². The molecule has 9 nitrogen and oxygen atoms in total. The number of guanidine groups is 1. The van der Waals surface area contributed by atoms with Crippen molar-refractivity contribution in [3.8, 4) is 6.07 Å². The van der Waals surface area contributed by atoms with Crippen LogP contribution in [0, 0.1) is 52.3 Å².